The van der Waals surface area contributed by atoms with Crippen LogP contribution in [0.1, 0.15) is 16.7 Å². The average Bonchev–Trinajstić information content (AvgIpc) is 2.52. The first kappa shape index (κ1) is 18.9. The number of carboxylic acids is 1. The molecule has 0 aliphatic carbocycles. The molecule has 5 heteroatoms. The van der Waals surface area contributed by atoms with Crippen molar-refractivity contribution < 1.29 is 38.2 Å². The number of aliphatic carboxylic acids is 1. The van der Waals surface area contributed by atoms with Crippen molar-refractivity contribution >= 4 is 12.0 Å². The fourth-order valence-electron chi connectivity index (χ4n) is 2.00. The van der Waals surface area contributed by atoms with E-state index >= 15 is 0 Å². The first-order valence-corrected chi connectivity index (χ1v) is 6.84. The molecule has 0 radical (unpaired) electrons. The van der Waals surface area contributed by atoms with Crippen LogP contribution in [0.25, 0.3) is 6.08 Å². The van der Waals surface area contributed by atoms with Crippen LogP contribution in [-0.2, 0) is 11.4 Å². The van der Waals surface area contributed by atoms with Crippen LogP contribution >= 0.6 is 0 Å². The standard InChI is InChI=1S/C18H18O4.Li/c1-13-5-3-4-6-15(13)12-22-16-9-7-14(8-10-18(19)20)11-17(16)21-2;/h3-11H,12H2,1-2H3,(H,19,20);/q;+1/p-1/b10-8+;. The van der Waals surface area contributed by atoms with Gasteiger partial charge in [-0.05, 0) is 41.8 Å². The SMILES string of the molecule is COc1cc(/C=C/C(=O)[O-])ccc1OCc1ccccc1C.[Li+]. The minimum Gasteiger partial charge on any atom is -0.545 e. The number of rotatable bonds is 6. The smallest absolute Gasteiger partial charge is 0.545 e. The molecule has 0 unspecified atom stereocenters. The number of ether oxygens (including phenoxy) is 2. The normalized spacial score (nSPS) is 10.2. The molecule has 2 aromatic carbocycles. The van der Waals surface area contributed by atoms with E-state index in [1.54, 1.807) is 25.3 Å². The van der Waals surface area contributed by atoms with E-state index in [2.05, 4.69) is 0 Å². The van der Waals surface area contributed by atoms with Crippen LogP contribution in [-0.4, -0.2) is 13.1 Å². The van der Waals surface area contributed by atoms with E-state index < -0.39 is 5.97 Å². The molecule has 114 valence electrons. The number of hydrogen-bond donors (Lipinski definition) is 0. The van der Waals surface area contributed by atoms with Gasteiger partial charge in [-0.3, -0.25) is 0 Å². The zero-order chi connectivity index (χ0) is 15.9. The zero-order valence-corrected chi connectivity index (χ0v) is 13.5. The van der Waals surface area contributed by atoms with Crippen LogP contribution in [0.2, 0.25) is 0 Å². The molecule has 2 aromatic rings. The summed E-state index contributed by atoms with van der Waals surface area (Å²) in [5.74, 6) is -0.0794. The summed E-state index contributed by atoms with van der Waals surface area (Å²) in [6.45, 7) is 2.47. The maximum atomic E-state index is 10.4. The summed E-state index contributed by atoms with van der Waals surface area (Å²) in [6.07, 6.45) is 2.42. The van der Waals surface area contributed by atoms with Crippen molar-refractivity contribution in [1.29, 1.82) is 0 Å². The average molecular weight is 304 g/mol. The monoisotopic (exact) mass is 304 g/mol. The third-order valence-corrected chi connectivity index (χ3v) is 3.24. The predicted octanol–water partition coefficient (Wildman–Crippen LogP) is -0.650. The van der Waals surface area contributed by atoms with Gasteiger partial charge in [-0.15, -0.1) is 0 Å². The summed E-state index contributed by atoms with van der Waals surface area (Å²) in [6, 6.07) is 13.2. The van der Waals surface area contributed by atoms with E-state index in [1.165, 1.54) is 6.08 Å². The van der Waals surface area contributed by atoms with Crippen molar-refractivity contribution in [2.75, 3.05) is 7.11 Å². The summed E-state index contributed by atoms with van der Waals surface area (Å²) in [4.78, 5) is 10.4. The molecule has 0 saturated heterocycles. The van der Waals surface area contributed by atoms with Crippen LogP contribution in [0.5, 0.6) is 11.5 Å². The number of carbonyl (C=O) groups excluding carboxylic acids is 1. The van der Waals surface area contributed by atoms with E-state index in [1.807, 2.05) is 31.2 Å². The number of carboxylic acid groups (broad SMARTS) is 1. The zero-order valence-electron chi connectivity index (χ0n) is 13.5. The topological polar surface area (TPSA) is 58.6 Å². The maximum Gasteiger partial charge on any atom is 1.00 e. The van der Waals surface area contributed by atoms with Crippen molar-refractivity contribution in [2.45, 2.75) is 13.5 Å². The molecule has 0 saturated carbocycles. The van der Waals surface area contributed by atoms with Gasteiger partial charge in [-0.2, -0.15) is 0 Å². The van der Waals surface area contributed by atoms with E-state index in [4.69, 9.17) is 9.47 Å². The van der Waals surface area contributed by atoms with E-state index in [0.717, 1.165) is 17.2 Å². The molecular formula is C18H17LiO4. The molecule has 2 rings (SSSR count). The first-order chi connectivity index (χ1) is 10.6. The molecule has 4 nitrogen and oxygen atoms in total. The van der Waals surface area contributed by atoms with Crippen molar-refractivity contribution in [3.8, 4) is 11.5 Å². The molecular weight excluding hydrogens is 287 g/mol. The fraction of sp³-hybridized carbons (Fsp3) is 0.167. The van der Waals surface area contributed by atoms with Gasteiger partial charge in [0.05, 0.1) is 13.1 Å². The van der Waals surface area contributed by atoms with Crippen LogP contribution in [0.4, 0.5) is 0 Å². The summed E-state index contributed by atoms with van der Waals surface area (Å²) in [7, 11) is 1.54. The molecule has 0 bridgehead atoms. The van der Waals surface area contributed by atoms with Gasteiger partial charge in [-0.25, -0.2) is 0 Å². The van der Waals surface area contributed by atoms with Crippen molar-refractivity contribution in [1.82, 2.24) is 0 Å². The second kappa shape index (κ2) is 9.09. The molecule has 0 aliphatic heterocycles. The van der Waals surface area contributed by atoms with Gasteiger partial charge in [-0.1, -0.05) is 36.4 Å². The van der Waals surface area contributed by atoms with E-state index in [-0.39, 0.29) is 18.9 Å². The third kappa shape index (κ3) is 5.52. The van der Waals surface area contributed by atoms with E-state index in [9.17, 15) is 9.90 Å². The van der Waals surface area contributed by atoms with Gasteiger partial charge in [0, 0.05) is 0 Å². The molecule has 0 aromatic heterocycles. The number of carbonyl (C=O) groups is 1. The number of hydrogen-bond acceptors (Lipinski definition) is 4. The molecule has 0 atom stereocenters. The largest absolute Gasteiger partial charge is 1.00 e. The van der Waals surface area contributed by atoms with Crippen LogP contribution in [0.15, 0.2) is 48.5 Å². The molecule has 0 amide bonds. The van der Waals surface area contributed by atoms with Gasteiger partial charge in [0.15, 0.2) is 11.5 Å². The molecule has 0 N–H and O–H groups in total. The molecule has 0 spiro atoms. The Balaban J connectivity index is 0.00000264. The summed E-state index contributed by atoms with van der Waals surface area (Å²) < 4.78 is 11.1. The van der Waals surface area contributed by atoms with Gasteiger partial charge in [0.2, 0.25) is 0 Å². The summed E-state index contributed by atoms with van der Waals surface area (Å²) in [5, 5.41) is 10.4. The van der Waals surface area contributed by atoms with Crippen molar-refractivity contribution in [2.24, 2.45) is 0 Å². The number of benzene rings is 2. The van der Waals surface area contributed by atoms with Gasteiger partial charge in [0.25, 0.3) is 0 Å². The van der Waals surface area contributed by atoms with Gasteiger partial charge in [0.1, 0.15) is 6.61 Å². The van der Waals surface area contributed by atoms with Crippen molar-refractivity contribution in [3.05, 3.63) is 65.2 Å². The Kier molecular flexibility index (Phi) is 7.47. The fourth-order valence-corrected chi connectivity index (χ4v) is 2.00. The quantitative estimate of drug-likeness (QED) is 0.526. The van der Waals surface area contributed by atoms with Crippen LogP contribution in [0, 0.1) is 6.92 Å². The molecule has 0 aliphatic rings. The number of aryl methyl sites for hydroxylation is 1. The minimum absolute atomic E-state index is 0. The van der Waals surface area contributed by atoms with Crippen LogP contribution < -0.4 is 33.4 Å². The first-order valence-electron chi connectivity index (χ1n) is 6.84. The van der Waals surface area contributed by atoms with Crippen LogP contribution in [0.3, 0.4) is 0 Å². The Morgan fingerprint density at radius 1 is 1.17 bits per heavy atom. The Morgan fingerprint density at radius 3 is 2.57 bits per heavy atom. The second-order valence-electron chi connectivity index (χ2n) is 4.78. The molecule has 0 fully saturated rings. The third-order valence-electron chi connectivity index (χ3n) is 3.24. The Labute approximate surface area is 147 Å². The maximum absolute atomic E-state index is 10.4. The minimum atomic E-state index is -1.24. The second-order valence-corrected chi connectivity index (χ2v) is 4.78. The Hall–Kier alpha value is -2.15. The van der Waals surface area contributed by atoms with Crippen molar-refractivity contribution in [3.63, 3.8) is 0 Å². The van der Waals surface area contributed by atoms with E-state index in [0.29, 0.717) is 23.7 Å². The summed E-state index contributed by atoms with van der Waals surface area (Å²) in [5.41, 5.74) is 2.96. The predicted molar refractivity (Wildman–Crippen MR) is 82.5 cm³/mol. The molecule has 0 heterocycles. The van der Waals surface area contributed by atoms with Gasteiger partial charge >= 0.3 is 18.9 Å². The Bertz CT molecular complexity index is 695. The number of methoxy groups -OCH3 is 1. The molecule has 23 heavy (non-hydrogen) atoms. The van der Waals surface area contributed by atoms with Gasteiger partial charge < -0.3 is 19.4 Å². The Morgan fingerprint density at radius 2 is 1.91 bits per heavy atom. The summed E-state index contributed by atoms with van der Waals surface area (Å²) >= 11 is 0.